The van der Waals surface area contributed by atoms with Crippen LogP contribution in [-0.4, -0.2) is 46.9 Å². The van der Waals surface area contributed by atoms with E-state index in [0.29, 0.717) is 19.3 Å². The molecule has 0 aliphatic heterocycles. The number of unbranched alkanes of at least 4 members (excludes halogenated alkanes) is 27. The average Bonchev–Trinajstić information content (AvgIpc) is 3.25. The molecular weight excluding hydrogens is 755 g/mol. The van der Waals surface area contributed by atoms with Gasteiger partial charge < -0.3 is 20.3 Å². The minimum atomic E-state index is -0.794. The summed E-state index contributed by atoms with van der Waals surface area (Å²) in [6.45, 7) is 6.43. The molecule has 0 spiro atoms. The van der Waals surface area contributed by atoms with Crippen molar-refractivity contribution in [2.75, 3.05) is 6.61 Å². The van der Waals surface area contributed by atoms with Crippen molar-refractivity contribution in [3.8, 4) is 0 Å². The SMILES string of the molecule is CCCCC/C=C\C/C=C\C/C=C\CCCCCCC(CC(=O)NC(CO)C(O)CCCCCCCCCCC)OC(=O)CCCCCCC/C=C/CCCCCCCCC. The highest BCUT2D eigenvalue weighted by atomic mass is 16.5. The van der Waals surface area contributed by atoms with Gasteiger partial charge in [0.2, 0.25) is 5.91 Å². The number of amides is 1. The smallest absolute Gasteiger partial charge is 0.306 e. The van der Waals surface area contributed by atoms with Crippen molar-refractivity contribution >= 4 is 11.9 Å². The molecule has 0 aromatic carbocycles. The van der Waals surface area contributed by atoms with Gasteiger partial charge in [0, 0.05) is 6.42 Å². The first-order chi connectivity index (χ1) is 30.0. The van der Waals surface area contributed by atoms with Gasteiger partial charge in [0.15, 0.2) is 0 Å². The summed E-state index contributed by atoms with van der Waals surface area (Å²) < 4.78 is 5.93. The highest BCUT2D eigenvalue weighted by Gasteiger charge is 2.24. The molecule has 0 saturated carbocycles. The first-order valence-corrected chi connectivity index (χ1v) is 26.4. The topological polar surface area (TPSA) is 95.9 Å². The van der Waals surface area contributed by atoms with Gasteiger partial charge in [-0.1, -0.05) is 211 Å². The summed E-state index contributed by atoms with van der Waals surface area (Å²) in [6.07, 6.45) is 58.9. The standard InChI is InChI=1S/C55H101NO5/c1-4-7-10-13-16-19-21-23-25-27-28-30-32-35-37-40-43-46-51(49-54(59)56-52(50-57)53(58)47-44-41-38-34-18-15-12-9-6-3)61-55(60)48-45-42-39-36-33-31-29-26-24-22-20-17-14-11-8-5-2/h16,19,23,25-26,28-30,51-53,57-58H,4-15,17-18,20-22,24,27,31-50H2,1-3H3,(H,56,59)/b19-16-,25-23-,29-26+,30-28-. The van der Waals surface area contributed by atoms with E-state index >= 15 is 0 Å². The first-order valence-electron chi connectivity index (χ1n) is 26.4. The van der Waals surface area contributed by atoms with E-state index in [9.17, 15) is 19.8 Å². The number of nitrogens with one attached hydrogen (secondary N) is 1. The molecule has 3 atom stereocenters. The van der Waals surface area contributed by atoms with E-state index in [1.807, 2.05) is 0 Å². The number of carbonyl (C=O) groups is 2. The van der Waals surface area contributed by atoms with Gasteiger partial charge in [-0.15, -0.1) is 0 Å². The van der Waals surface area contributed by atoms with Gasteiger partial charge in [-0.2, -0.15) is 0 Å². The molecule has 3 N–H and O–H groups in total. The van der Waals surface area contributed by atoms with Crippen molar-refractivity contribution in [3.63, 3.8) is 0 Å². The summed E-state index contributed by atoms with van der Waals surface area (Å²) >= 11 is 0. The lowest BCUT2D eigenvalue weighted by molar-refractivity contribution is -0.151. The molecule has 0 rings (SSSR count). The Morgan fingerprint density at radius 1 is 0.475 bits per heavy atom. The van der Waals surface area contributed by atoms with Crippen molar-refractivity contribution in [2.24, 2.45) is 0 Å². The van der Waals surface area contributed by atoms with E-state index in [0.717, 1.165) is 89.9 Å². The normalized spacial score (nSPS) is 13.6. The molecule has 0 saturated heterocycles. The highest BCUT2D eigenvalue weighted by molar-refractivity contribution is 5.77. The number of allylic oxidation sites excluding steroid dienone is 8. The zero-order chi connectivity index (χ0) is 44.5. The van der Waals surface area contributed by atoms with E-state index in [1.54, 1.807) is 0 Å². The van der Waals surface area contributed by atoms with Crippen molar-refractivity contribution in [1.29, 1.82) is 0 Å². The lowest BCUT2D eigenvalue weighted by Crippen LogP contribution is -2.46. The minimum absolute atomic E-state index is 0.0599. The fraction of sp³-hybridized carbons (Fsp3) is 0.818. The van der Waals surface area contributed by atoms with E-state index < -0.39 is 18.2 Å². The Labute approximate surface area is 378 Å². The lowest BCUT2D eigenvalue weighted by atomic mass is 10.0. The molecule has 0 bridgehead atoms. The van der Waals surface area contributed by atoms with E-state index in [-0.39, 0.29) is 24.9 Å². The molecule has 0 fully saturated rings. The molecule has 0 heterocycles. The first kappa shape index (κ1) is 58.8. The zero-order valence-corrected chi connectivity index (χ0v) is 40.5. The summed E-state index contributed by atoms with van der Waals surface area (Å²) in [6, 6.07) is -0.709. The van der Waals surface area contributed by atoms with E-state index in [2.05, 4.69) is 74.7 Å². The molecule has 0 radical (unpaired) electrons. The second-order valence-corrected chi connectivity index (χ2v) is 17.9. The summed E-state index contributed by atoms with van der Waals surface area (Å²) in [7, 11) is 0. The van der Waals surface area contributed by atoms with Gasteiger partial charge in [0.1, 0.15) is 6.10 Å². The Kier molecular flexibility index (Phi) is 47.1. The summed E-state index contributed by atoms with van der Waals surface area (Å²) in [5, 5.41) is 23.7. The molecule has 0 aliphatic carbocycles. The van der Waals surface area contributed by atoms with Crippen LogP contribution in [0.2, 0.25) is 0 Å². The predicted molar refractivity (Wildman–Crippen MR) is 264 cm³/mol. The van der Waals surface area contributed by atoms with Crippen LogP contribution in [-0.2, 0) is 14.3 Å². The van der Waals surface area contributed by atoms with Gasteiger partial charge in [-0.3, -0.25) is 9.59 Å². The fourth-order valence-corrected chi connectivity index (χ4v) is 7.84. The predicted octanol–water partition coefficient (Wildman–Crippen LogP) is 15.8. The van der Waals surface area contributed by atoms with Gasteiger partial charge >= 0.3 is 5.97 Å². The number of esters is 1. The van der Waals surface area contributed by atoms with Crippen LogP contribution in [0, 0.1) is 0 Å². The van der Waals surface area contributed by atoms with Crippen LogP contribution in [0.4, 0.5) is 0 Å². The molecule has 0 aromatic rings. The Morgan fingerprint density at radius 2 is 0.836 bits per heavy atom. The Bertz CT molecular complexity index is 1050. The molecule has 356 valence electrons. The second-order valence-electron chi connectivity index (χ2n) is 17.9. The average molecular weight is 856 g/mol. The number of aliphatic hydroxyl groups is 2. The minimum Gasteiger partial charge on any atom is -0.462 e. The van der Waals surface area contributed by atoms with E-state index in [4.69, 9.17) is 4.74 Å². The maximum absolute atomic E-state index is 13.2. The lowest BCUT2D eigenvalue weighted by Gasteiger charge is -2.24. The third-order valence-corrected chi connectivity index (χ3v) is 11.9. The van der Waals surface area contributed by atoms with Crippen molar-refractivity contribution < 1.29 is 24.5 Å². The van der Waals surface area contributed by atoms with Crippen LogP contribution in [0.5, 0.6) is 0 Å². The number of hydrogen-bond donors (Lipinski definition) is 3. The number of aliphatic hydroxyl groups excluding tert-OH is 2. The van der Waals surface area contributed by atoms with E-state index in [1.165, 1.54) is 128 Å². The Hall–Kier alpha value is -2.18. The summed E-state index contributed by atoms with van der Waals surface area (Å²) in [5.41, 5.74) is 0. The van der Waals surface area contributed by atoms with Crippen molar-refractivity contribution in [1.82, 2.24) is 5.32 Å². The Balaban J connectivity index is 4.63. The van der Waals surface area contributed by atoms with Gasteiger partial charge in [0.25, 0.3) is 0 Å². The van der Waals surface area contributed by atoms with Crippen LogP contribution >= 0.6 is 0 Å². The number of carbonyl (C=O) groups excluding carboxylic acids is 2. The third kappa shape index (κ3) is 44.2. The summed E-state index contributed by atoms with van der Waals surface area (Å²) in [4.78, 5) is 26.1. The molecule has 1 amide bonds. The number of rotatable bonds is 47. The molecule has 0 aliphatic rings. The van der Waals surface area contributed by atoms with Gasteiger partial charge in [-0.25, -0.2) is 0 Å². The summed E-state index contributed by atoms with van der Waals surface area (Å²) in [5.74, 6) is -0.501. The van der Waals surface area contributed by atoms with Crippen LogP contribution in [0.3, 0.4) is 0 Å². The van der Waals surface area contributed by atoms with Crippen molar-refractivity contribution in [3.05, 3.63) is 48.6 Å². The molecule has 0 aromatic heterocycles. The quantitative estimate of drug-likeness (QED) is 0.0322. The maximum atomic E-state index is 13.2. The molecule has 6 nitrogen and oxygen atoms in total. The molecule has 61 heavy (non-hydrogen) atoms. The second kappa shape index (κ2) is 48.8. The monoisotopic (exact) mass is 856 g/mol. The molecular formula is C55H101NO5. The fourth-order valence-electron chi connectivity index (χ4n) is 7.84. The molecule has 3 unspecified atom stereocenters. The third-order valence-electron chi connectivity index (χ3n) is 11.9. The number of ether oxygens (including phenoxy) is 1. The zero-order valence-electron chi connectivity index (χ0n) is 40.5. The van der Waals surface area contributed by atoms with Crippen LogP contribution < -0.4 is 5.32 Å². The molecule has 6 heteroatoms. The van der Waals surface area contributed by atoms with Gasteiger partial charge in [0.05, 0.1) is 25.2 Å². The number of hydrogen-bond acceptors (Lipinski definition) is 5. The largest absolute Gasteiger partial charge is 0.462 e. The maximum Gasteiger partial charge on any atom is 0.306 e. The highest BCUT2D eigenvalue weighted by Crippen LogP contribution is 2.17. The van der Waals surface area contributed by atoms with Crippen LogP contribution in [0.15, 0.2) is 48.6 Å². The van der Waals surface area contributed by atoms with Crippen molar-refractivity contribution in [2.45, 2.75) is 283 Å². The Morgan fingerprint density at radius 3 is 1.31 bits per heavy atom. The van der Waals surface area contributed by atoms with Gasteiger partial charge in [-0.05, 0) is 89.9 Å². The van der Waals surface area contributed by atoms with Crippen LogP contribution in [0.25, 0.3) is 0 Å². The van der Waals surface area contributed by atoms with Crippen LogP contribution in [0.1, 0.15) is 265 Å².